The number of hydrogen-bond acceptors (Lipinski definition) is 3. The minimum Gasteiger partial charge on any atom is -0.365 e. The molecule has 0 bridgehead atoms. The molecule has 6 nitrogen and oxygen atoms in total. The van der Waals surface area contributed by atoms with Crippen molar-refractivity contribution in [1.29, 1.82) is 0 Å². The molecule has 0 aromatic rings. The van der Waals surface area contributed by atoms with Crippen molar-refractivity contribution in [2.75, 3.05) is 32.9 Å². The first kappa shape index (κ1) is 31.7. The molecule has 4 atom stereocenters. The van der Waals surface area contributed by atoms with Crippen molar-refractivity contribution in [3.05, 3.63) is 35.6 Å². The number of allylic oxidation sites excluding steroid dienone is 5. The lowest BCUT2D eigenvalue weighted by Crippen LogP contribution is -2.43. The highest BCUT2D eigenvalue weighted by Crippen LogP contribution is 2.43. The third-order valence-electron chi connectivity index (χ3n) is 8.29. The number of rotatable bonds is 7. The van der Waals surface area contributed by atoms with Crippen molar-refractivity contribution in [2.24, 2.45) is 39.6 Å². The molecule has 0 aromatic heterocycles. The topological polar surface area (TPSA) is 69.1 Å². The molecule has 0 spiro atoms. The van der Waals surface area contributed by atoms with E-state index in [-0.39, 0.29) is 23.7 Å². The van der Waals surface area contributed by atoms with Gasteiger partial charge in [0.1, 0.15) is 5.84 Å². The molecule has 1 saturated carbocycles. The number of amidine groups is 1. The van der Waals surface area contributed by atoms with E-state index in [4.69, 9.17) is 9.98 Å². The average Bonchev–Trinajstić information content (AvgIpc) is 2.89. The number of aliphatic imine (C=N–C) groups is 2. The Morgan fingerprint density at radius 1 is 1.12 bits per heavy atom. The maximum Gasteiger partial charge on any atom is 0.412 e. The van der Waals surface area contributed by atoms with Crippen molar-refractivity contribution < 1.29 is 30.6 Å². The SMILES string of the molecule is C=S(=O)(CC1CC(C(F)(F)F)=CC(C(F)(F)F)C1)NCC1CCC(CN=C2N=C(N(C)C)C3CC=CC=C3N2)CC1. The molecule has 1 fully saturated rings. The van der Waals surface area contributed by atoms with Gasteiger partial charge in [-0.05, 0) is 74.6 Å². The molecule has 4 rings (SSSR count). The Morgan fingerprint density at radius 2 is 1.80 bits per heavy atom. The van der Waals surface area contributed by atoms with Crippen LogP contribution in [0.1, 0.15) is 44.9 Å². The van der Waals surface area contributed by atoms with Crippen LogP contribution in [0.3, 0.4) is 0 Å². The lowest BCUT2D eigenvalue weighted by atomic mass is 9.82. The smallest absolute Gasteiger partial charge is 0.365 e. The Hall–Kier alpha value is -2.28. The molecule has 0 amide bonds. The van der Waals surface area contributed by atoms with Gasteiger partial charge in [-0.1, -0.05) is 18.2 Å². The molecule has 2 N–H and O–H groups in total. The van der Waals surface area contributed by atoms with Crippen LogP contribution in [-0.4, -0.2) is 72.1 Å². The fraction of sp³-hybridized carbons (Fsp3) is 0.679. The summed E-state index contributed by atoms with van der Waals surface area (Å²) in [6, 6.07) is 0. The molecular formula is C28H39F6N5OS. The molecule has 0 radical (unpaired) electrons. The number of fused-ring (bicyclic) bond motifs is 1. The van der Waals surface area contributed by atoms with Gasteiger partial charge in [0, 0.05) is 53.9 Å². The summed E-state index contributed by atoms with van der Waals surface area (Å²) < 4.78 is 95.5. The predicted octanol–water partition coefficient (Wildman–Crippen LogP) is 5.47. The predicted molar refractivity (Wildman–Crippen MR) is 152 cm³/mol. The van der Waals surface area contributed by atoms with Crippen LogP contribution in [0.5, 0.6) is 0 Å². The normalized spacial score (nSPS) is 31.4. The van der Waals surface area contributed by atoms with Crippen molar-refractivity contribution in [3.8, 4) is 0 Å². The van der Waals surface area contributed by atoms with E-state index in [2.05, 4.69) is 28.1 Å². The summed E-state index contributed by atoms with van der Waals surface area (Å²) in [5.41, 5.74) is -0.114. The molecule has 1 heterocycles. The molecule has 0 saturated heterocycles. The van der Waals surface area contributed by atoms with Gasteiger partial charge in [-0.15, -0.1) is 0 Å². The standard InChI is InChI=1S/C28H39F6N5OS/c1-39(2)25-23-6-4-5-7-24(23)37-26(38-25)35-15-18-8-10-19(11-9-18)16-36-41(3,40)17-20-12-21(27(29,30)31)14-22(13-20)28(32,33)34/h4-5,7,14,18-21,23H,3,6,8-13,15-17H2,1-2H3,(H,35,37)(H,36,40). The minimum atomic E-state index is -4.85. The summed E-state index contributed by atoms with van der Waals surface area (Å²) in [6.45, 7) is 0.992. The average molecular weight is 608 g/mol. The summed E-state index contributed by atoms with van der Waals surface area (Å²) in [6.07, 6.45) is 0.176. The Morgan fingerprint density at radius 3 is 2.44 bits per heavy atom. The highest BCUT2D eigenvalue weighted by molar-refractivity contribution is 7.98. The molecular weight excluding hydrogens is 568 g/mol. The minimum absolute atomic E-state index is 0.201. The van der Waals surface area contributed by atoms with Crippen molar-refractivity contribution >= 4 is 27.4 Å². The van der Waals surface area contributed by atoms with Crippen LogP contribution in [0.25, 0.3) is 0 Å². The van der Waals surface area contributed by atoms with Gasteiger partial charge < -0.3 is 10.2 Å². The van der Waals surface area contributed by atoms with Gasteiger partial charge in [0.25, 0.3) is 0 Å². The highest BCUT2D eigenvalue weighted by Gasteiger charge is 2.46. The monoisotopic (exact) mass is 607 g/mol. The van der Waals surface area contributed by atoms with Gasteiger partial charge >= 0.3 is 12.4 Å². The van der Waals surface area contributed by atoms with Gasteiger partial charge in [0.15, 0.2) is 0 Å². The fourth-order valence-corrected chi connectivity index (χ4v) is 7.75. The van der Waals surface area contributed by atoms with E-state index in [1.165, 1.54) is 0 Å². The Bertz CT molecular complexity index is 1210. The zero-order valence-electron chi connectivity index (χ0n) is 23.4. The number of alkyl halides is 6. The van der Waals surface area contributed by atoms with E-state index in [9.17, 15) is 30.6 Å². The van der Waals surface area contributed by atoms with Gasteiger partial charge in [-0.25, -0.2) is 4.72 Å². The van der Waals surface area contributed by atoms with Crippen LogP contribution < -0.4 is 10.0 Å². The molecule has 41 heavy (non-hydrogen) atoms. The molecule has 13 heteroatoms. The quantitative estimate of drug-likeness (QED) is 0.229. The van der Waals surface area contributed by atoms with Crippen LogP contribution >= 0.6 is 0 Å². The molecule has 4 unspecified atom stereocenters. The number of guanidine groups is 1. The van der Waals surface area contributed by atoms with E-state index in [1.807, 2.05) is 25.1 Å². The molecule has 3 aliphatic carbocycles. The van der Waals surface area contributed by atoms with E-state index in [0.29, 0.717) is 25.0 Å². The Labute approximate surface area is 238 Å². The van der Waals surface area contributed by atoms with Gasteiger partial charge in [0.05, 0.1) is 11.8 Å². The third-order valence-corrected chi connectivity index (χ3v) is 10.00. The maximum absolute atomic E-state index is 13.3. The number of nitrogens with one attached hydrogen (secondary N) is 2. The van der Waals surface area contributed by atoms with Crippen molar-refractivity contribution in [3.63, 3.8) is 0 Å². The second-order valence-corrected chi connectivity index (χ2v) is 14.1. The highest BCUT2D eigenvalue weighted by atomic mass is 32.2. The largest absolute Gasteiger partial charge is 0.412 e. The zero-order valence-corrected chi connectivity index (χ0v) is 24.2. The molecule has 230 valence electrons. The molecule has 1 aliphatic heterocycles. The lowest BCUT2D eigenvalue weighted by Gasteiger charge is -2.33. The lowest BCUT2D eigenvalue weighted by molar-refractivity contribution is -0.169. The first-order chi connectivity index (χ1) is 19.1. The summed E-state index contributed by atoms with van der Waals surface area (Å²) in [5.74, 6) is 2.45. The van der Waals surface area contributed by atoms with Crippen LogP contribution in [0.15, 0.2) is 45.6 Å². The summed E-state index contributed by atoms with van der Waals surface area (Å²) in [4.78, 5) is 11.5. The first-order valence-electron chi connectivity index (χ1n) is 14.0. The number of nitrogens with zero attached hydrogens (tertiary/aromatic N) is 3. The van der Waals surface area contributed by atoms with E-state index in [1.54, 1.807) is 0 Å². The van der Waals surface area contributed by atoms with E-state index in [0.717, 1.165) is 43.6 Å². The van der Waals surface area contributed by atoms with Crippen molar-refractivity contribution in [2.45, 2.75) is 57.3 Å². The van der Waals surface area contributed by atoms with Crippen LogP contribution in [0, 0.1) is 29.6 Å². The van der Waals surface area contributed by atoms with Gasteiger partial charge in [0.2, 0.25) is 5.96 Å². The van der Waals surface area contributed by atoms with Crippen LogP contribution in [0.2, 0.25) is 0 Å². The first-order valence-corrected chi connectivity index (χ1v) is 15.9. The summed E-state index contributed by atoms with van der Waals surface area (Å²) in [7, 11) is 0.900. The second kappa shape index (κ2) is 12.5. The Kier molecular flexibility index (Phi) is 9.67. The van der Waals surface area contributed by atoms with Gasteiger partial charge in [-0.3, -0.25) is 9.20 Å². The Balaban J connectivity index is 1.26. The fourth-order valence-electron chi connectivity index (χ4n) is 6.07. The second-order valence-electron chi connectivity index (χ2n) is 11.8. The van der Waals surface area contributed by atoms with Crippen molar-refractivity contribution in [1.82, 2.24) is 14.9 Å². The molecule has 4 aliphatic rings. The third kappa shape index (κ3) is 8.62. The van der Waals surface area contributed by atoms with E-state index >= 15 is 0 Å². The zero-order chi connectivity index (χ0) is 30.0. The summed E-state index contributed by atoms with van der Waals surface area (Å²) in [5, 5.41) is 3.35. The van der Waals surface area contributed by atoms with Crippen LogP contribution in [-0.2, 0) is 9.71 Å². The number of hydrogen-bond donors (Lipinski definition) is 2. The summed E-state index contributed by atoms with van der Waals surface area (Å²) >= 11 is 0. The number of halogens is 6. The molecule has 0 aromatic carbocycles. The van der Waals surface area contributed by atoms with E-state index < -0.39 is 52.3 Å². The van der Waals surface area contributed by atoms with Gasteiger partial charge in [-0.2, -0.15) is 31.3 Å². The van der Waals surface area contributed by atoms with Crippen LogP contribution in [0.4, 0.5) is 26.3 Å². The maximum atomic E-state index is 13.3.